The molecule has 1 aliphatic rings. The highest BCUT2D eigenvalue weighted by Crippen LogP contribution is 2.21. The molecule has 0 aromatic carbocycles. The maximum atomic E-state index is 9.21. The fourth-order valence-corrected chi connectivity index (χ4v) is 2.36. The molecule has 1 aliphatic carbocycles. The van der Waals surface area contributed by atoms with Gasteiger partial charge in [-0.25, -0.2) is 0 Å². The number of nitrogens with zero attached hydrogens (tertiary/aromatic N) is 2. The first kappa shape index (κ1) is 14.2. The molecule has 0 fully saturated rings. The van der Waals surface area contributed by atoms with E-state index in [4.69, 9.17) is 0 Å². The zero-order valence-corrected chi connectivity index (χ0v) is 11.2. The highest BCUT2D eigenvalue weighted by atomic mass is 15.1. The molecule has 2 atom stereocenters. The maximum absolute atomic E-state index is 9.21. The summed E-state index contributed by atoms with van der Waals surface area (Å²) in [5.74, 6) is 0.502. The molecule has 0 amide bonds. The van der Waals surface area contributed by atoms with E-state index in [-0.39, 0.29) is 6.04 Å². The number of hydrogen-bond acceptors (Lipinski definition) is 3. The molecule has 96 valence electrons. The van der Waals surface area contributed by atoms with Crippen molar-refractivity contribution in [1.29, 1.82) is 5.26 Å². The molecule has 0 bridgehead atoms. The Morgan fingerprint density at radius 1 is 1.41 bits per heavy atom. The minimum Gasteiger partial charge on any atom is -0.303 e. The van der Waals surface area contributed by atoms with Crippen LogP contribution >= 0.6 is 0 Å². The van der Waals surface area contributed by atoms with E-state index in [0.29, 0.717) is 5.92 Å². The van der Waals surface area contributed by atoms with Crippen LogP contribution in [0.4, 0.5) is 0 Å². The van der Waals surface area contributed by atoms with E-state index in [0.717, 1.165) is 45.4 Å². The van der Waals surface area contributed by atoms with Gasteiger partial charge in [0.05, 0.1) is 12.1 Å². The number of nitriles is 1. The van der Waals surface area contributed by atoms with Crippen molar-refractivity contribution in [2.24, 2.45) is 5.92 Å². The summed E-state index contributed by atoms with van der Waals surface area (Å²) < 4.78 is 0. The molecular formula is C14H25N3. The molecule has 0 saturated heterocycles. The molecule has 1 N–H and O–H groups in total. The molecule has 0 aliphatic heterocycles. The number of hydrogen-bond donors (Lipinski definition) is 1. The Bertz CT molecular complexity index is 263. The lowest BCUT2D eigenvalue weighted by Crippen LogP contribution is -2.40. The Morgan fingerprint density at radius 2 is 2.18 bits per heavy atom. The average Bonchev–Trinajstić information content (AvgIpc) is 2.40. The van der Waals surface area contributed by atoms with E-state index >= 15 is 0 Å². The number of nitrogens with one attached hydrogen (secondary N) is 1. The molecule has 2 unspecified atom stereocenters. The number of rotatable bonds is 7. The molecule has 17 heavy (non-hydrogen) atoms. The predicted molar refractivity (Wildman–Crippen MR) is 71.7 cm³/mol. The zero-order chi connectivity index (χ0) is 12.5. The van der Waals surface area contributed by atoms with Gasteiger partial charge in [0, 0.05) is 13.1 Å². The topological polar surface area (TPSA) is 39.1 Å². The standard InChI is InChI=1S/C14H25N3/c1-3-17(4-2)11-10-16-14(12-15)13-8-6-5-7-9-13/h5-6,13-14,16H,3-4,7-11H2,1-2H3. The maximum Gasteiger partial charge on any atom is 0.0984 e. The van der Waals surface area contributed by atoms with Crippen molar-refractivity contribution in [3.8, 4) is 6.07 Å². The van der Waals surface area contributed by atoms with Gasteiger partial charge >= 0.3 is 0 Å². The Kier molecular flexibility index (Phi) is 6.91. The van der Waals surface area contributed by atoms with Crippen molar-refractivity contribution >= 4 is 0 Å². The second kappa shape index (κ2) is 8.27. The van der Waals surface area contributed by atoms with Crippen LogP contribution in [0.1, 0.15) is 33.1 Å². The summed E-state index contributed by atoms with van der Waals surface area (Å²) in [5, 5.41) is 12.6. The summed E-state index contributed by atoms with van der Waals surface area (Å²) in [4.78, 5) is 2.38. The third kappa shape index (κ3) is 4.89. The quantitative estimate of drug-likeness (QED) is 0.687. The normalized spacial score (nSPS) is 21.4. The van der Waals surface area contributed by atoms with E-state index in [1.165, 1.54) is 0 Å². The van der Waals surface area contributed by atoms with Crippen molar-refractivity contribution in [1.82, 2.24) is 10.2 Å². The van der Waals surface area contributed by atoms with Crippen LogP contribution < -0.4 is 5.32 Å². The van der Waals surface area contributed by atoms with Crippen molar-refractivity contribution in [3.63, 3.8) is 0 Å². The largest absolute Gasteiger partial charge is 0.303 e. The van der Waals surface area contributed by atoms with E-state index in [2.05, 4.69) is 42.3 Å². The highest BCUT2D eigenvalue weighted by molar-refractivity contribution is 5.01. The number of likely N-dealkylation sites (N-methyl/N-ethyl adjacent to an activating group) is 1. The monoisotopic (exact) mass is 235 g/mol. The molecule has 3 nitrogen and oxygen atoms in total. The first-order chi connectivity index (χ1) is 8.31. The van der Waals surface area contributed by atoms with Gasteiger partial charge in [-0.05, 0) is 38.3 Å². The smallest absolute Gasteiger partial charge is 0.0984 e. The van der Waals surface area contributed by atoms with Crippen LogP contribution in [0.25, 0.3) is 0 Å². The van der Waals surface area contributed by atoms with Gasteiger partial charge in [0.2, 0.25) is 0 Å². The van der Waals surface area contributed by atoms with E-state index in [1.807, 2.05) is 0 Å². The van der Waals surface area contributed by atoms with Crippen LogP contribution in [0, 0.1) is 17.2 Å². The van der Waals surface area contributed by atoms with Crippen LogP contribution in [0.5, 0.6) is 0 Å². The Labute approximate surface area is 105 Å². The summed E-state index contributed by atoms with van der Waals surface area (Å²) in [6.45, 7) is 8.48. The van der Waals surface area contributed by atoms with Crippen LogP contribution in [0.15, 0.2) is 12.2 Å². The lowest BCUT2D eigenvalue weighted by molar-refractivity contribution is 0.288. The van der Waals surface area contributed by atoms with Gasteiger partial charge in [-0.2, -0.15) is 5.26 Å². The van der Waals surface area contributed by atoms with Gasteiger partial charge in [-0.3, -0.25) is 0 Å². The van der Waals surface area contributed by atoms with Gasteiger partial charge in [-0.1, -0.05) is 26.0 Å². The lowest BCUT2D eigenvalue weighted by atomic mass is 9.88. The number of allylic oxidation sites excluding steroid dienone is 2. The first-order valence-electron chi connectivity index (χ1n) is 6.82. The fourth-order valence-electron chi connectivity index (χ4n) is 2.36. The van der Waals surface area contributed by atoms with Crippen LogP contribution in [-0.2, 0) is 0 Å². The second-order valence-corrected chi connectivity index (χ2v) is 4.63. The lowest BCUT2D eigenvalue weighted by Gasteiger charge is -2.25. The SMILES string of the molecule is CCN(CC)CCNC(C#N)C1CC=CCC1. The predicted octanol–water partition coefficient (Wildman–Crippen LogP) is 2.17. The van der Waals surface area contributed by atoms with Gasteiger partial charge in [0.15, 0.2) is 0 Å². The molecule has 0 heterocycles. The highest BCUT2D eigenvalue weighted by Gasteiger charge is 2.20. The Hall–Kier alpha value is -0.850. The zero-order valence-electron chi connectivity index (χ0n) is 11.2. The first-order valence-corrected chi connectivity index (χ1v) is 6.82. The van der Waals surface area contributed by atoms with Crippen LogP contribution in [-0.4, -0.2) is 37.1 Å². The van der Waals surface area contributed by atoms with Crippen LogP contribution in [0.3, 0.4) is 0 Å². The molecule has 0 aromatic heterocycles. The molecule has 0 aromatic rings. The Balaban J connectivity index is 2.27. The van der Waals surface area contributed by atoms with Crippen molar-refractivity contribution in [2.75, 3.05) is 26.2 Å². The third-order valence-corrected chi connectivity index (χ3v) is 3.61. The van der Waals surface area contributed by atoms with Crippen molar-refractivity contribution in [3.05, 3.63) is 12.2 Å². The van der Waals surface area contributed by atoms with E-state index in [1.54, 1.807) is 0 Å². The van der Waals surface area contributed by atoms with Crippen molar-refractivity contribution < 1.29 is 0 Å². The van der Waals surface area contributed by atoms with Gasteiger partial charge in [0.1, 0.15) is 0 Å². The Morgan fingerprint density at radius 3 is 2.71 bits per heavy atom. The average molecular weight is 235 g/mol. The van der Waals surface area contributed by atoms with E-state index < -0.39 is 0 Å². The van der Waals surface area contributed by atoms with Gasteiger partial charge in [0.25, 0.3) is 0 Å². The second-order valence-electron chi connectivity index (χ2n) is 4.63. The van der Waals surface area contributed by atoms with E-state index in [9.17, 15) is 5.26 Å². The molecular weight excluding hydrogens is 210 g/mol. The fraction of sp³-hybridized carbons (Fsp3) is 0.786. The summed E-state index contributed by atoms with van der Waals surface area (Å²) in [6.07, 6.45) is 7.76. The van der Waals surface area contributed by atoms with Crippen LogP contribution in [0.2, 0.25) is 0 Å². The summed E-state index contributed by atoms with van der Waals surface area (Å²) in [7, 11) is 0. The third-order valence-electron chi connectivity index (χ3n) is 3.61. The molecule has 1 rings (SSSR count). The minimum atomic E-state index is 0.0236. The molecule has 0 radical (unpaired) electrons. The van der Waals surface area contributed by atoms with Gasteiger partial charge < -0.3 is 10.2 Å². The molecule has 0 saturated carbocycles. The van der Waals surface area contributed by atoms with Gasteiger partial charge in [-0.15, -0.1) is 0 Å². The summed E-state index contributed by atoms with van der Waals surface area (Å²) in [5.41, 5.74) is 0. The molecule has 0 spiro atoms. The minimum absolute atomic E-state index is 0.0236. The summed E-state index contributed by atoms with van der Waals surface area (Å²) in [6, 6.07) is 2.44. The summed E-state index contributed by atoms with van der Waals surface area (Å²) >= 11 is 0. The molecule has 3 heteroatoms. The van der Waals surface area contributed by atoms with Crippen molar-refractivity contribution in [2.45, 2.75) is 39.2 Å².